The number of aryl methyl sites for hydroxylation is 2. The molecule has 1 N–H and O–H groups in total. The van der Waals surface area contributed by atoms with E-state index in [1.54, 1.807) is 7.11 Å². The van der Waals surface area contributed by atoms with Crippen molar-refractivity contribution in [3.63, 3.8) is 0 Å². The number of aliphatic hydroxyl groups excluding tert-OH is 1. The maximum Gasteiger partial charge on any atom is 0.161 e. The van der Waals surface area contributed by atoms with Crippen molar-refractivity contribution in [1.82, 2.24) is 9.80 Å². The summed E-state index contributed by atoms with van der Waals surface area (Å²) >= 11 is 0. The molecule has 1 fully saturated rings. The first-order valence-electron chi connectivity index (χ1n) is 10.5. The van der Waals surface area contributed by atoms with Gasteiger partial charge in [0.25, 0.3) is 0 Å². The van der Waals surface area contributed by atoms with Gasteiger partial charge >= 0.3 is 0 Å². The summed E-state index contributed by atoms with van der Waals surface area (Å²) in [5.41, 5.74) is 4.18. The van der Waals surface area contributed by atoms with E-state index >= 15 is 0 Å². The molecular weight excluding hydrogens is 364 g/mol. The van der Waals surface area contributed by atoms with Crippen molar-refractivity contribution in [2.75, 3.05) is 46.4 Å². The maximum atomic E-state index is 10.4. The van der Waals surface area contributed by atoms with Crippen LogP contribution >= 0.6 is 0 Å². The Hall–Kier alpha value is -2.08. The van der Waals surface area contributed by atoms with Crippen LogP contribution in [0.15, 0.2) is 42.5 Å². The molecule has 2 aromatic rings. The molecule has 0 saturated carbocycles. The topological polar surface area (TPSA) is 45.2 Å². The highest BCUT2D eigenvalue weighted by Gasteiger charge is 2.25. The van der Waals surface area contributed by atoms with E-state index in [2.05, 4.69) is 48.8 Å². The summed E-state index contributed by atoms with van der Waals surface area (Å²) in [7, 11) is 1.62. The van der Waals surface area contributed by atoms with Gasteiger partial charge in [0.05, 0.1) is 7.11 Å². The Morgan fingerprint density at radius 2 is 1.55 bits per heavy atom. The fraction of sp³-hybridized carbons (Fsp3) is 0.500. The van der Waals surface area contributed by atoms with Crippen LogP contribution in [0, 0.1) is 13.8 Å². The highest BCUT2D eigenvalue weighted by molar-refractivity contribution is 5.39. The van der Waals surface area contributed by atoms with E-state index in [4.69, 9.17) is 9.47 Å². The van der Waals surface area contributed by atoms with Gasteiger partial charge in [0.15, 0.2) is 11.5 Å². The number of rotatable bonds is 8. The monoisotopic (exact) mass is 398 g/mol. The molecule has 0 radical (unpaired) electrons. The highest BCUT2D eigenvalue weighted by atomic mass is 16.5. The van der Waals surface area contributed by atoms with Gasteiger partial charge in [-0.25, -0.2) is 0 Å². The molecule has 3 rings (SSSR count). The summed E-state index contributed by atoms with van der Waals surface area (Å²) in [6.07, 6.45) is -0.525. The summed E-state index contributed by atoms with van der Waals surface area (Å²) in [5, 5.41) is 10.4. The molecular formula is C24H34N2O3. The molecule has 29 heavy (non-hydrogen) atoms. The second kappa shape index (κ2) is 10.1. The van der Waals surface area contributed by atoms with E-state index in [1.165, 1.54) is 16.7 Å². The zero-order chi connectivity index (χ0) is 20.8. The third kappa shape index (κ3) is 5.50. The van der Waals surface area contributed by atoms with Crippen molar-refractivity contribution in [3.8, 4) is 11.5 Å². The van der Waals surface area contributed by atoms with Crippen LogP contribution in [0.5, 0.6) is 11.5 Å². The van der Waals surface area contributed by atoms with E-state index in [9.17, 15) is 5.11 Å². The number of piperazine rings is 1. The lowest BCUT2D eigenvalue weighted by Gasteiger charge is -2.39. The molecule has 2 atom stereocenters. The second-order valence-electron chi connectivity index (χ2n) is 7.93. The molecule has 1 aliphatic rings. The lowest BCUT2D eigenvalue weighted by atomic mass is 9.95. The van der Waals surface area contributed by atoms with Gasteiger partial charge in [-0.15, -0.1) is 0 Å². The predicted octanol–water partition coefficient (Wildman–Crippen LogP) is 3.43. The van der Waals surface area contributed by atoms with Crippen LogP contribution in [-0.2, 0) is 0 Å². The normalized spacial score (nSPS) is 17.7. The van der Waals surface area contributed by atoms with Gasteiger partial charge in [0, 0.05) is 38.8 Å². The Bertz CT molecular complexity index is 767. The lowest BCUT2D eigenvalue weighted by molar-refractivity contribution is 0.0374. The number of methoxy groups -OCH3 is 1. The average Bonchev–Trinajstić information content (AvgIpc) is 2.72. The zero-order valence-electron chi connectivity index (χ0n) is 18.1. The summed E-state index contributed by atoms with van der Waals surface area (Å²) in [5.74, 6) is 1.36. The van der Waals surface area contributed by atoms with Crippen LogP contribution in [0.4, 0.5) is 0 Å². The molecule has 1 aliphatic heterocycles. The number of benzene rings is 2. The zero-order valence-corrected chi connectivity index (χ0v) is 18.1. The maximum absolute atomic E-state index is 10.4. The van der Waals surface area contributed by atoms with E-state index in [0.29, 0.717) is 24.1 Å². The molecule has 0 spiro atoms. The molecule has 1 heterocycles. The minimum atomic E-state index is -0.525. The smallest absolute Gasteiger partial charge is 0.161 e. The van der Waals surface area contributed by atoms with Crippen molar-refractivity contribution >= 4 is 0 Å². The minimum absolute atomic E-state index is 0.263. The largest absolute Gasteiger partial charge is 0.493 e. The number of hydrogen-bond donors (Lipinski definition) is 1. The van der Waals surface area contributed by atoms with Gasteiger partial charge in [-0.3, -0.25) is 9.80 Å². The summed E-state index contributed by atoms with van der Waals surface area (Å²) in [6, 6.07) is 14.5. The lowest BCUT2D eigenvalue weighted by Crippen LogP contribution is -2.49. The first kappa shape index (κ1) is 21.6. The molecule has 5 nitrogen and oxygen atoms in total. The number of nitrogens with zero attached hydrogens (tertiary/aromatic N) is 2. The van der Waals surface area contributed by atoms with Gasteiger partial charge in [-0.1, -0.05) is 30.3 Å². The van der Waals surface area contributed by atoms with E-state index in [-0.39, 0.29) is 6.61 Å². The molecule has 0 aromatic heterocycles. The van der Waals surface area contributed by atoms with Crippen molar-refractivity contribution in [2.24, 2.45) is 0 Å². The Balaban J connectivity index is 1.47. The van der Waals surface area contributed by atoms with Crippen molar-refractivity contribution in [3.05, 3.63) is 59.2 Å². The minimum Gasteiger partial charge on any atom is -0.493 e. The molecule has 158 valence electrons. The predicted molar refractivity (Wildman–Crippen MR) is 117 cm³/mol. The molecule has 0 bridgehead atoms. The number of β-amino-alcohol motifs (C(OH)–C–C–N with tert-alkyl or cyclic N) is 1. The Labute approximate surface area is 174 Å². The molecule has 2 aromatic carbocycles. The van der Waals surface area contributed by atoms with Gasteiger partial charge < -0.3 is 14.6 Å². The molecule has 1 saturated heterocycles. The molecule has 0 aliphatic carbocycles. The molecule has 5 heteroatoms. The number of hydrogen-bond acceptors (Lipinski definition) is 5. The van der Waals surface area contributed by atoms with Gasteiger partial charge in [0.1, 0.15) is 12.7 Å². The van der Waals surface area contributed by atoms with Crippen molar-refractivity contribution in [1.29, 1.82) is 0 Å². The quantitative estimate of drug-likeness (QED) is 0.738. The van der Waals surface area contributed by atoms with Crippen LogP contribution in [0.3, 0.4) is 0 Å². The first-order chi connectivity index (χ1) is 14.0. The first-order valence-corrected chi connectivity index (χ1v) is 10.5. The van der Waals surface area contributed by atoms with E-state index in [1.807, 2.05) is 24.3 Å². The molecule has 2 unspecified atom stereocenters. The summed E-state index contributed by atoms with van der Waals surface area (Å²) in [4.78, 5) is 4.87. The van der Waals surface area contributed by atoms with Gasteiger partial charge in [-0.05, 0) is 49.6 Å². The van der Waals surface area contributed by atoms with Crippen molar-refractivity contribution < 1.29 is 14.6 Å². The number of ether oxygens (including phenoxy) is 2. The van der Waals surface area contributed by atoms with Crippen LogP contribution in [0.1, 0.15) is 29.7 Å². The number of para-hydroxylation sites is 2. The Morgan fingerprint density at radius 3 is 2.17 bits per heavy atom. The fourth-order valence-electron chi connectivity index (χ4n) is 4.28. The van der Waals surface area contributed by atoms with Gasteiger partial charge in [-0.2, -0.15) is 0 Å². The fourth-order valence-corrected chi connectivity index (χ4v) is 4.28. The highest BCUT2D eigenvalue weighted by Crippen LogP contribution is 2.28. The summed E-state index contributed by atoms with van der Waals surface area (Å²) < 4.78 is 11.1. The third-order valence-electron chi connectivity index (χ3n) is 5.88. The van der Waals surface area contributed by atoms with Crippen LogP contribution < -0.4 is 9.47 Å². The summed E-state index contributed by atoms with van der Waals surface area (Å²) in [6.45, 7) is 11.5. The van der Waals surface area contributed by atoms with E-state index in [0.717, 1.165) is 26.2 Å². The molecule has 0 amide bonds. The Kier molecular flexibility index (Phi) is 7.53. The van der Waals surface area contributed by atoms with E-state index < -0.39 is 6.10 Å². The SMILES string of the molecule is COc1ccccc1OCC(O)CN1CCN(C(C)c2c(C)cccc2C)CC1. The second-order valence-corrected chi connectivity index (χ2v) is 7.93. The van der Waals surface area contributed by atoms with Crippen molar-refractivity contribution in [2.45, 2.75) is 32.9 Å². The number of aliphatic hydroxyl groups is 1. The third-order valence-corrected chi connectivity index (χ3v) is 5.88. The average molecular weight is 399 g/mol. The standard InChI is InChI=1S/C24H34N2O3/c1-18-8-7-9-19(2)24(18)20(3)26-14-12-25(13-15-26)16-21(27)17-29-23-11-6-5-10-22(23)28-4/h5-11,20-21,27H,12-17H2,1-4H3. The van der Waals surface area contributed by atoms with Gasteiger partial charge in [0.2, 0.25) is 0 Å². The van der Waals surface area contributed by atoms with Crippen LogP contribution in [0.25, 0.3) is 0 Å². The van der Waals surface area contributed by atoms with Crippen LogP contribution in [0.2, 0.25) is 0 Å². The van der Waals surface area contributed by atoms with Crippen LogP contribution in [-0.4, -0.2) is 67.5 Å². The Morgan fingerprint density at radius 1 is 0.931 bits per heavy atom.